The third kappa shape index (κ3) is 1.35. The van der Waals surface area contributed by atoms with Gasteiger partial charge in [0.1, 0.15) is 5.82 Å². The van der Waals surface area contributed by atoms with Gasteiger partial charge in [-0.25, -0.2) is 13.2 Å². The zero-order valence-electron chi connectivity index (χ0n) is 6.69. The van der Waals surface area contributed by atoms with Crippen LogP contribution in [0.1, 0.15) is 0 Å². The van der Waals surface area contributed by atoms with Gasteiger partial charge in [0, 0.05) is 32.8 Å². The Kier molecular flexibility index (Phi) is 2.34. The van der Waals surface area contributed by atoms with E-state index in [1.54, 1.807) is 22.6 Å². The van der Waals surface area contributed by atoms with Crippen molar-refractivity contribution in [1.29, 1.82) is 0 Å². The lowest BCUT2D eigenvalue weighted by Gasteiger charge is -2.03. The van der Waals surface area contributed by atoms with Crippen LogP contribution in [-0.4, -0.2) is 4.98 Å². The fraction of sp³-hybridized carbons (Fsp3) is 0. The molecule has 0 atom stereocenters. The van der Waals surface area contributed by atoms with E-state index < -0.39 is 17.5 Å². The summed E-state index contributed by atoms with van der Waals surface area (Å²) in [6.45, 7) is 0. The first-order chi connectivity index (χ1) is 6.61. The minimum absolute atomic E-state index is 0.00389. The van der Waals surface area contributed by atoms with Crippen molar-refractivity contribution in [3.63, 3.8) is 0 Å². The Morgan fingerprint density at radius 3 is 2.50 bits per heavy atom. The first kappa shape index (κ1) is 9.70. The number of hydrogen-bond acceptors (Lipinski definition) is 1. The molecule has 0 spiro atoms. The van der Waals surface area contributed by atoms with Gasteiger partial charge in [0.05, 0.1) is 0 Å². The van der Waals surface area contributed by atoms with E-state index in [-0.39, 0.29) is 10.8 Å². The maximum Gasteiger partial charge on any atom is 0.168 e. The molecule has 0 radical (unpaired) electrons. The summed E-state index contributed by atoms with van der Waals surface area (Å²) in [6, 6.07) is 0.523. The standard InChI is InChI=1S/C9H3F3IN/c10-5-1-6(11)9(12)8-4(5)2-14-3-7(8)13/h1-3H. The molecule has 72 valence electrons. The van der Waals surface area contributed by atoms with Crippen LogP contribution in [0.2, 0.25) is 0 Å². The number of rotatable bonds is 0. The van der Waals surface area contributed by atoms with Crippen LogP contribution in [0.5, 0.6) is 0 Å². The van der Waals surface area contributed by atoms with E-state index in [2.05, 4.69) is 4.98 Å². The molecule has 0 amide bonds. The maximum absolute atomic E-state index is 13.3. The zero-order chi connectivity index (χ0) is 10.3. The Morgan fingerprint density at radius 2 is 1.79 bits per heavy atom. The van der Waals surface area contributed by atoms with Crippen LogP contribution in [0, 0.1) is 21.0 Å². The molecule has 1 heterocycles. The van der Waals surface area contributed by atoms with E-state index >= 15 is 0 Å². The third-order valence-corrected chi connectivity index (χ3v) is 2.66. The maximum atomic E-state index is 13.3. The van der Waals surface area contributed by atoms with E-state index in [1.165, 1.54) is 12.4 Å². The van der Waals surface area contributed by atoms with Crippen LogP contribution in [-0.2, 0) is 0 Å². The molecular weight excluding hydrogens is 306 g/mol. The highest BCUT2D eigenvalue weighted by molar-refractivity contribution is 14.1. The van der Waals surface area contributed by atoms with Gasteiger partial charge in [-0.05, 0) is 22.6 Å². The Hall–Kier alpha value is -0.850. The normalized spacial score (nSPS) is 10.9. The molecule has 2 aromatic rings. The Labute approximate surface area is 91.1 Å². The topological polar surface area (TPSA) is 12.9 Å². The minimum Gasteiger partial charge on any atom is -0.263 e. The van der Waals surface area contributed by atoms with Crippen molar-refractivity contribution in [1.82, 2.24) is 4.98 Å². The molecule has 0 aliphatic rings. The summed E-state index contributed by atoms with van der Waals surface area (Å²) in [7, 11) is 0. The van der Waals surface area contributed by atoms with Gasteiger partial charge in [-0.15, -0.1) is 0 Å². The second-order valence-corrected chi connectivity index (χ2v) is 3.86. The van der Waals surface area contributed by atoms with Crippen molar-refractivity contribution in [3.05, 3.63) is 39.5 Å². The van der Waals surface area contributed by atoms with Crippen LogP contribution < -0.4 is 0 Å². The lowest BCUT2D eigenvalue weighted by molar-refractivity contribution is 0.505. The molecule has 0 unspecified atom stereocenters. The first-order valence-electron chi connectivity index (χ1n) is 3.68. The highest BCUT2D eigenvalue weighted by Gasteiger charge is 2.14. The molecule has 5 heteroatoms. The lowest BCUT2D eigenvalue weighted by atomic mass is 10.1. The number of halogens is 4. The van der Waals surface area contributed by atoms with Gasteiger partial charge in [-0.2, -0.15) is 0 Å². The quantitative estimate of drug-likeness (QED) is 0.538. The molecule has 0 saturated carbocycles. The summed E-state index contributed by atoms with van der Waals surface area (Å²) in [5.74, 6) is -3.02. The van der Waals surface area contributed by atoms with E-state index in [9.17, 15) is 13.2 Å². The smallest absolute Gasteiger partial charge is 0.168 e. The molecule has 1 aromatic heterocycles. The highest BCUT2D eigenvalue weighted by Crippen LogP contribution is 2.26. The molecule has 0 N–H and O–H groups in total. The third-order valence-electron chi connectivity index (χ3n) is 1.84. The summed E-state index contributed by atoms with van der Waals surface area (Å²) in [4.78, 5) is 3.71. The van der Waals surface area contributed by atoms with Gasteiger partial charge in [0.15, 0.2) is 11.6 Å². The summed E-state index contributed by atoms with van der Waals surface area (Å²) >= 11 is 1.78. The number of nitrogens with zero attached hydrogens (tertiary/aromatic N) is 1. The van der Waals surface area contributed by atoms with Crippen molar-refractivity contribution in [3.8, 4) is 0 Å². The second-order valence-electron chi connectivity index (χ2n) is 2.70. The predicted molar refractivity (Wildman–Crippen MR) is 54.3 cm³/mol. The molecular formula is C9H3F3IN. The van der Waals surface area contributed by atoms with Gasteiger partial charge < -0.3 is 0 Å². The fourth-order valence-corrected chi connectivity index (χ4v) is 1.90. The lowest BCUT2D eigenvalue weighted by Crippen LogP contribution is -1.93. The number of hydrogen-bond donors (Lipinski definition) is 0. The van der Waals surface area contributed by atoms with Crippen molar-refractivity contribution in [2.75, 3.05) is 0 Å². The minimum atomic E-state index is -1.18. The molecule has 1 aromatic carbocycles. The molecule has 0 bridgehead atoms. The molecule has 1 nitrogen and oxygen atoms in total. The van der Waals surface area contributed by atoms with Gasteiger partial charge in [0.25, 0.3) is 0 Å². The number of benzene rings is 1. The molecule has 0 aliphatic carbocycles. The molecule has 0 saturated heterocycles. The van der Waals surface area contributed by atoms with Gasteiger partial charge >= 0.3 is 0 Å². The van der Waals surface area contributed by atoms with E-state index in [1.807, 2.05) is 0 Å². The van der Waals surface area contributed by atoms with E-state index in [0.29, 0.717) is 9.64 Å². The molecule has 2 rings (SSSR count). The van der Waals surface area contributed by atoms with Crippen LogP contribution in [0.15, 0.2) is 18.5 Å². The average molecular weight is 309 g/mol. The number of pyridine rings is 1. The largest absolute Gasteiger partial charge is 0.263 e. The van der Waals surface area contributed by atoms with Crippen LogP contribution in [0.4, 0.5) is 13.2 Å². The summed E-state index contributed by atoms with van der Waals surface area (Å²) in [6.07, 6.45) is 2.53. The summed E-state index contributed by atoms with van der Waals surface area (Å²) < 4.78 is 39.7. The summed E-state index contributed by atoms with van der Waals surface area (Å²) in [5, 5.41) is -0.0612. The van der Waals surface area contributed by atoms with Crippen molar-refractivity contribution >= 4 is 33.4 Å². The molecule has 14 heavy (non-hydrogen) atoms. The van der Waals surface area contributed by atoms with E-state index in [0.717, 1.165) is 0 Å². The van der Waals surface area contributed by atoms with Gasteiger partial charge in [-0.1, -0.05) is 0 Å². The average Bonchev–Trinajstić information content (AvgIpc) is 2.14. The Morgan fingerprint density at radius 1 is 1.07 bits per heavy atom. The van der Waals surface area contributed by atoms with Crippen LogP contribution >= 0.6 is 22.6 Å². The van der Waals surface area contributed by atoms with Crippen molar-refractivity contribution in [2.24, 2.45) is 0 Å². The molecule has 0 aliphatic heterocycles. The molecule has 0 fully saturated rings. The SMILES string of the molecule is Fc1cc(F)c2cncc(I)c2c1F. The number of fused-ring (bicyclic) bond motifs is 1. The predicted octanol–water partition coefficient (Wildman–Crippen LogP) is 3.26. The first-order valence-corrected chi connectivity index (χ1v) is 4.76. The zero-order valence-corrected chi connectivity index (χ0v) is 8.85. The van der Waals surface area contributed by atoms with Crippen LogP contribution in [0.3, 0.4) is 0 Å². The van der Waals surface area contributed by atoms with Crippen LogP contribution in [0.25, 0.3) is 10.8 Å². The monoisotopic (exact) mass is 309 g/mol. The van der Waals surface area contributed by atoms with E-state index in [4.69, 9.17) is 0 Å². The van der Waals surface area contributed by atoms with Gasteiger partial charge in [-0.3, -0.25) is 4.98 Å². The van der Waals surface area contributed by atoms with Gasteiger partial charge in [0.2, 0.25) is 0 Å². The second kappa shape index (κ2) is 3.38. The Bertz CT molecular complexity index is 513. The van der Waals surface area contributed by atoms with Crippen molar-refractivity contribution in [2.45, 2.75) is 0 Å². The fourth-order valence-electron chi connectivity index (χ4n) is 1.21. The Balaban J connectivity index is 3.03. The van der Waals surface area contributed by atoms with Crippen molar-refractivity contribution < 1.29 is 13.2 Å². The highest BCUT2D eigenvalue weighted by atomic mass is 127. The number of aromatic nitrogens is 1. The summed E-state index contributed by atoms with van der Waals surface area (Å²) in [5.41, 5.74) is 0.